The zero-order chi connectivity index (χ0) is 8.65. The summed E-state index contributed by atoms with van der Waals surface area (Å²) in [6.07, 6.45) is 15.2. The van der Waals surface area contributed by atoms with E-state index in [1.165, 1.54) is 57.8 Å². The Morgan fingerprint density at radius 1 is 1.08 bits per heavy atom. The molecule has 0 fully saturated rings. The van der Waals surface area contributed by atoms with Gasteiger partial charge < -0.3 is 0 Å². The maximum absolute atomic E-state index is 2.41. The topological polar surface area (TPSA) is 0 Å². The van der Waals surface area contributed by atoms with Gasteiger partial charge in [-0.25, -0.2) is 0 Å². The van der Waals surface area contributed by atoms with Crippen LogP contribution < -0.4 is 0 Å². The lowest BCUT2D eigenvalue weighted by atomic mass is 9.93. The van der Waals surface area contributed by atoms with Gasteiger partial charge in [-0.3, -0.25) is 0 Å². The van der Waals surface area contributed by atoms with E-state index in [-0.39, 0.29) is 0 Å². The molecule has 0 saturated heterocycles. The van der Waals surface area contributed by atoms with Gasteiger partial charge in [-0.05, 0) is 25.7 Å². The molecule has 0 aromatic rings. The second kappa shape index (κ2) is 6.28. The van der Waals surface area contributed by atoms with Crippen molar-refractivity contribution in [2.75, 3.05) is 0 Å². The highest BCUT2D eigenvalue weighted by atomic mass is 14.1. The molecule has 0 N–H and O–H groups in total. The average Bonchev–Trinajstić information content (AvgIpc) is 2.00. The van der Waals surface area contributed by atoms with Crippen molar-refractivity contribution in [3.8, 4) is 0 Å². The van der Waals surface area contributed by atoms with Crippen molar-refractivity contribution in [1.29, 1.82) is 0 Å². The second-order valence-electron chi connectivity index (χ2n) is 3.92. The van der Waals surface area contributed by atoms with Gasteiger partial charge in [0.1, 0.15) is 0 Å². The Morgan fingerprint density at radius 3 is 2.33 bits per heavy atom. The van der Waals surface area contributed by atoms with Crippen molar-refractivity contribution < 1.29 is 0 Å². The monoisotopic (exact) mass is 166 g/mol. The van der Waals surface area contributed by atoms with Crippen molar-refractivity contribution in [3.63, 3.8) is 0 Å². The number of rotatable bonds is 7. The van der Waals surface area contributed by atoms with E-state index in [2.05, 4.69) is 13.0 Å². The van der Waals surface area contributed by atoms with Gasteiger partial charge in [0.15, 0.2) is 0 Å². The minimum absolute atomic E-state index is 1.35. The zero-order valence-corrected chi connectivity index (χ0v) is 8.44. The van der Waals surface area contributed by atoms with Gasteiger partial charge in [0, 0.05) is 0 Å². The summed E-state index contributed by atoms with van der Waals surface area (Å²) >= 11 is 0. The normalized spacial score (nSPS) is 15.6. The van der Waals surface area contributed by atoms with Gasteiger partial charge in [0.05, 0.1) is 0 Å². The molecule has 0 aliphatic heterocycles. The zero-order valence-electron chi connectivity index (χ0n) is 8.44. The number of hydrogen-bond acceptors (Lipinski definition) is 0. The van der Waals surface area contributed by atoms with E-state index >= 15 is 0 Å². The third-order valence-corrected chi connectivity index (χ3v) is 2.75. The molecule has 1 rings (SSSR count). The lowest BCUT2D eigenvalue weighted by Gasteiger charge is -2.13. The summed E-state index contributed by atoms with van der Waals surface area (Å²) in [4.78, 5) is 0. The summed E-state index contributed by atoms with van der Waals surface area (Å²) < 4.78 is 0. The molecular weight excluding hydrogens is 144 g/mol. The molecule has 0 heteroatoms. The number of unbranched alkanes of at least 4 members (excludes halogenated alkanes) is 5. The molecule has 0 aromatic carbocycles. The summed E-state index contributed by atoms with van der Waals surface area (Å²) in [5, 5.41) is 0. The highest BCUT2D eigenvalue weighted by molar-refractivity contribution is 5.11. The first-order valence-corrected chi connectivity index (χ1v) is 5.61. The Labute approximate surface area is 77.1 Å². The summed E-state index contributed by atoms with van der Waals surface area (Å²) in [6, 6.07) is 0. The van der Waals surface area contributed by atoms with Crippen LogP contribution in [0.1, 0.15) is 64.7 Å². The van der Waals surface area contributed by atoms with E-state index in [0.29, 0.717) is 0 Å². The molecule has 1 aliphatic carbocycles. The summed E-state index contributed by atoms with van der Waals surface area (Å²) in [7, 11) is 0. The molecule has 0 bridgehead atoms. The number of hydrogen-bond donors (Lipinski definition) is 0. The lowest BCUT2D eigenvalue weighted by molar-refractivity contribution is 0.596. The molecule has 0 saturated carbocycles. The second-order valence-corrected chi connectivity index (χ2v) is 3.92. The Bertz CT molecular complexity index is 133. The van der Waals surface area contributed by atoms with E-state index < -0.39 is 0 Å². The standard InChI is InChI=1S/C12H22/c1-2-3-4-5-6-7-9-12-10-8-11-12/h10H,2-9,11H2,1H3. The van der Waals surface area contributed by atoms with Crippen LogP contribution >= 0.6 is 0 Å². The van der Waals surface area contributed by atoms with E-state index in [1.807, 2.05) is 0 Å². The highest BCUT2D eigenvalue weighted by Crippen LogP contribution is 2.23. The molecule has 0 atom stereocenters. The van der Waals surface area contributed by atoms with Crippen LogP contribution in [-0.4, -0.2) is 0 Å². The fraction of sp³-hybridized carbons (Fsp3) is 0.833. The molecule has 0 amide bonds. The van der Waals surface area contributed by atoms with Crippen molar-refractivity contribution in [3.05, 3.63) is 11.6 Å². The van der Waals surface area contributed by atoms with Crippen molar-refractivity contribution >= 4 is 0 Å². The quantitative estimate of drug-likeness (QED) is 0.387. The van der Waals surface area contributed by atoms with Crippen LogP contribution in [0.5, 0.6) is 0 Å². The smallest absolute Gasteiger partial charge is 0.0285 e. The predicted octanol–water partition coefficient (Wildman–Crippen LogP) is 4.46. The summed E-state index contributed by atoms with van der Waals surface area (Å²) in [6.45, 7) is 2.28. The third kappa shape index (κ3) is 3.94. The maximum atomic E-state index is 2.41. The fourth-order valence-electron chi connectivity index (χ4n) is 1.71. The van der Waals surface area contributed by atoms with Gasteiger partial charge >= 0.3 is 0 Å². The van der Waals surface area contributed by atoms with Crippen LogP contribution in [0.3, 0.4) is 0 Å². The van der Waals surface area contributed by atoms with Crippen LogP contribution in [-0.2, 0) is 0 Å². The third-order valence-electron chi connectivity index (χ3n) is 2.75. The first-order chi connectivity index (χ1) is 5.93. The molecular formula is C12H22. The molecule has 0 nitrogen and oxygen atoms in total. The SMILES string of the molecule is CCCCCCCCC1=CCC1. The van der Waals surface area contributed by atoms with Crippen LogP contribution in [0.4, 0.5) is 0 Å². The minimum atomic E-state index is 1.35. The molecule has 0 aromatic heterocycles. The summed E-state index contributed by atoms with van der Waals surface area (Å²) in [5.74, 6) is 0. The molecule has 12 heavy (non-hydrogen) atoms. The van der Waals surface area contributed by atoms with E-state index in [4.69, 9.17) is 0 Å². The number of allylic oxidation sites excluding steroid dienone is 2. The van der Waals surface area contributed by atoms with Gasteiger partial charge in [0.25, 0.3) is 0 Å². The molecule has 0 radical (unpaired) electrons. The Hall–Kier alpha value is -0.260. The summed E-state index contributed by atoms with van der Waals surface area (Å²) in [5.41, 5.74) is 1.73. The van der Waals surface area contributed by atoms with Crippen LogP contribution in [0.2, 0.25) is 0 Å². The molecule has 0 spiro atoms. The average molecular weight is 166 g/mol. The van der Waals surface area contributed by atoms with Gasteiger partial charge in [-0.15, -0.1) is 0 Å². The van der Waals surface area contributed by atoms with E-state index in [1.54, 1.807) is 5.57 Å². The largest absolute Gasteiger partial charge is 0.0850 e. The van der Waals surface area contributed by atoms with Gasteiger partial charge in [-0.1, -0.05) is 50.7 Å². The first-order valence-electron chi connectivity index (χ1n) is 5.61. The van der Waals surface area contributed by atoms with Crippen molar-refractivity contribution in [1.82, 2.24) is 0 Å². The van der Waals surface area contributed by atoms with Gasteiger partial charge in [0.2, 0.25) is 0 Å². The molecule has 70 valence electrons. The minimum Gasteiger partial charge on any atom is -0.0850 e. The lowest BCUT2D eigenvalue weighted by Crippen LogP contribution is -1.93. The van der Waals surface area contributed by atoms with Crippen molar-refractivity contribution in [2.45, 2.75) is 64.7 Å². The van der Waals surface area contributed by atoms with Gasteiger partial charge in [-0.2, -0.15) is 0 Å². The van der Waals surface area contributed by atoms with Crippen molar-refractivity contribution in [2.24, 2.45) is 0 Å². The molecule has 0 heterocycles. The Balaban J connectivity index is 1.76. The first kappa shape index (κ1) is 9.83. The predicted molar refractivity (Wildman–Crippen MR) is 55.3 cm³/mol. The fourth-order valence-corrected chi connectivity index (χ4v) is 1.71. The van der Waals surface area contributed by atoms with E-state index in [0.717, 1.165) is 0 Å². The van der Waals surface area contributed by atoms with Crippen LogP contribution in [0.15, 0.2) is 11.6 Å². The molecule has 1 aliphatic rings. The highest BCUT2D eigenvalue weighted by Gasteiger charge is 2.03. The molecule has 0 unspecified atom stereocenters. The maximum Gasteiger partial charge on any atom is -0.0285 e. The van der Waals surface area contributed by atoms with E-state index in [9.17, 15) is 0 Å². The van der Waals surface area contributed by atoms with Crippen LogP contribution in [0.25, 0.3) is 0 Å². The van der Waals surface area contributed by atoms with Crippen LogP contribution in [0, 0.1) is 0 Å². The Kier molecular flexibility index (Phi) is 5.14. The Morgan fingerprint density at radius 2 is 1.75 bits per heavy atom.